The molecule has 0 bridgehead atoms. The number of hydrogen-bond acceptors (Lipinski definition) is 5. The first-order valence-corrected chi connectivity index (χ1v) is 9.80. The van der Waals surface area contributed by atoms with E-state index in [1.807, 2.05) is 54.6 Å². The Labute approximate surface area is 161 Å². The second-order valence-corrected chi connectivity index (χ2v) is 7.53. The summed E-state index contributed by atoms with van der Waals surface area (Å²) in [7, 11) is 0. The van der Waals surface area contributed by atoms with Crippen molar-refractivity contribution in [2.75, 3.05) is 13.1 Å². The number of aromatic carboxylic acids is 1. The molecule has 3 aromatic rings. The van der Waals surface area contributed by atoms with Gasteiger partial charge in [0.1, 0.15) is 16.4 Å². The van der Waals surface area contributed by atoms with E-state index in [1.165, 1.54) is 11.3 Å². The third kappa shape index (κ3) is 4.02. The van der Waals surface area contributed by atoms with Gasteiger partial charge in [0.05, 0.1) is 10.7 Å². The molecule has 1 fully saturated rings. The number of para-hydroxylation sites is 1. The topological polar surface area (TPSA) is 71.5 Å². The minimum atomic E-state index is -0.924. The standard InChI is InChI=1S/C21H20N2O3S/c24-21(25)19-18(23-20(27-19)15-10-12-22-13-11-15)14-6-8-17(9-7-14)26-16-4-2-1-3-5-16/h1-9,15,22H,10-13H2,(H,24,25). The third-order valence-corrected chi connectivity index (χ3v) is 5.84. The monoisotopic (exact) mass is 380 g/mol. The van der Waals surface area contributed by atoms with Gasteiger partial charge in [-0.25, -0.2) is 9.78 Å². The Hall–Kier alpha value is -2.70. The Balaban J connectivity index is 1.60. The van der Waals surface area contributed by atoms with Crippen LogP contribution in [0.3, 0.4) is 0 Å². The summed E-state index contributed by atoms with van der Waals surface area (Å²) in [5.41, 5.74) is 1.34. The first kappa shape index (κ1) is 17.7. The molecule has 6 heteroatoms. The normalized spacial score (nSPS) is 14.8. The molecule has 2 heterocycles. The van der Waals surface area contributed by atoms with E-state index < -0.39 is 5.97 Å². The van der Waals surface area contributed by atoms with Gasteiger partial charge in [-0.15, -0.1) is 11.3 Å². The number of hydrogen-bond donors (Lipinski definition) is 2. The maximum absolute atomic E-state index is 11.7. The molecular formula is C21H20N2O3S. The lowest BCUT2D eigenvalue weighted by atomic mass is 9.99. The Morgan fingerprint density at radius 2 is 1.70 bits per heavy atom. The molecule has 0 radical (unpaired) electrons. The first-order valence-electron chi connectivity index (χ1n) is 8.99. The zero-order valence-electron chi connectivity index (χ0n) is 14.7. The molecule has 1 aliphatic heterocycles. The maximum Gasteiger partial charge on any atom is 0.348 e. The molecular weight excluding hydrogens is 360 g/mol. The van der Waals surface area contributed by atoms with Gasteiger partial charge >= 0.3 is 5.97 Å². The Morgan fingerprint density at radius 1 is 1.04 bits per heavy atom. The fraction of sp³-hybridized carbons (Fsp3) is 0.238. The fourth-order valence-corrected chi connectivity index (χ4v) is 4.32. The molecule has 1 aliphatic rings. The smallest absolute Gasteiger partial charge is 0.348 e. The number of carboxylic acids is 1. The molecule has 1 saturated heterocycles. The highest BCUT2D eigenvalue weighted by atomic mass is 32.1. The molecule has 0 saturated carbocycles. The van der Waals surface area contributed by atoms with Crippen molar-refractivity contribution in [3.05, 3.63) is 64.5 Å². The number of carboxylic acid groups (broad SMARTS) is 1. The lowest BCUT2D eigenvalue weighted by Gasteiger charge is -2.20. The Morgan fingerprint density at radius 3 is 2.37 bits per heavy atom. The van der Waals surface area contributed by atoms with Crippen molar-refractivity contribution in [3.8, 4) is 22.8 Å². The summed E-state index contributed by atoms with van der Waals surface area (Å²) in [6.07, 6.45) is 1.99. The molecule has 138 valence electrons. The van der Waals surface area contributed by atoms with Crippen LogP contribution in [0.15, 0.2) is 54.6 Å². The van der Waals surface area contributed by atoms with Gasteiger partial charge in [-0.3, -0.25) is 0 Å². The number of piperidine rings is 1. The molecule has 5 nitrogen and oxygen atoms in total. The van der Waals surface area contributed by atoms with Gasteiger partial charge in [-0.1, -0.05) is 18.2 Å². The summed E-state index contributed by atoms with van der Waals surface area (Å²) < 4.78 is 5.81. The second-order valence-electron chi connectivity index (χ2n) is 6.50. The van der Waals surface area contributed by atoms with Gasteiger partial charge in [0.15, 0.2) is 0 Å². The minimum absolute atomic E-state index is 0.306. The minimum Gasteiger partial charge on any atom is -0.477 e. The van der Waals surface area contributed by atoms with Crippen LogP contribution in [0, 0.1) is 0 Å². The number of thiazole rings is 1. The van der Waals surface area contributed by atoms with Gasteiger partial charge in [-0.05, 0) is 62.3 Å². The van der Waals surface area contributed by atoms with Crippen LogP contribution in [-0.2, 0) is 0 Å². The van der Waals surface area contributed by atoms with E-state index in [0.717, 1.165) is 42.3 Å². The number of nitrogens with zero attached hydrogens (tertiary/aromatic N) is 1. The van der Waals surface area contributed by atoms with Crippen LogP contribution >= 0.6 is 11.3 Å². The number of rotatable bonds is 5. The van der Waals surface area contributed by atoms with E-state index in [4.69, 9.17) is 9.72 Å². The highest BCUT2D eigenvalue weighted by molar-refractivity contribution is 7.14. The van der Waals surface area contributed by atoms with Crippen molar-refractivity contribution in [3.63, 3.8) is 0 Å². The van der Waals surface area contributed by atoms with Gasteiger partial charge in [-0.2, -0.15) is 0 Å². The fourth-order valence-electron chi connectivity index (χ4n) is 3.23. The van der Waals surface area contributed by atoms with Crippen molar-refractivity contribution in [2.45, 2.75) is 18.8 Å². The summed E-state index contributed by atoms with van der Waals surface area (Å²) in [6, 6.07) is 17.0. The van der Waals surface area contributed by atoms with E-state index in [2.05, 4.69) is 5.32 Å². The molecule has 27 heavy (non-hydrogen) atoms. The van der Waals surface area contributed by atoms with Crippen LogP contribution in [0.1, 0.15) is 33.4 Å². The molecule has 0 spiro atoms. The highest BCUT2D eigenvalue weighted by Crippen LogP contribution is 2.36. The molecule has 0 atom stereocenters. The van der Waals surface area contributed by atoms with Crippen molar-refractivity contribution < 1.29 is 14.6 Å². The predicted octanol–water partition coefficient (Wildman–Crippen LogP) is 4.77. The van der Waals surface area contributed by atoms with Crippen molar-refractivity contribution >= 4 is 17.3 Å². The summed E-state index contributed by atoms with van der Waals surface area (Å²) in [6.45, 7) is 1.90. The molecule has 4 rings (SSSR count). The predicted molar refractivity (Wildman–Crippen MR) is 106 cm³/mol. The van der Waals surface area contributed by atoms with Crippen molar-refractivity contribution in [1.29, 1.82) is 0 Å². The quantitative estimate of drug-likeness (QED) is 0.667. The first-order chi connectivity index (χ1) is 13.2. The summed E-state index contributed by atoms with van der Waals surface area (Å²) >= 11 is 1.31. The number of carbonyl (C=O) groups is 1. The van der Waals surface area contributed by atoms with Gasteiger partial charge < -0.3 is 15.2 Å². The highest BCUT2D eigenvalue weighted by Gasteiger charge is 2.24. The van der Waals surface area contributed by atoms with Gasteiger partial charge in [0, 0.05) is 11.5 Å². The van der Waals surface area contributed by atoms with E-state index in [1.54, 1.807) is 0 Å². The lowest BCUT2D eigenvalue weighted by molar-refractivity contribution is 0.0702. The molecule has 0 unspecified atom stereocenters. The van der Waals surface area contributed by atoms with Crippen molar-refractivity contribution in [2.24, 2.45) is 0 Å². The summed E-state index contributed by atoms with van der Waals surface area (Å²) in [4.78, 5) is 16.7. The zero-order valence-corrected chi connectivity index (χ0v) is 15.5. The lowest BCUT2D eigenvalue weighted by Crippen LogP contribution is -2.26. The molecule has 2 aromatic carbocycles. The van der Waals surface area contributed by atoms with Crippen LogP contribution in [-0.4, -0.2) is 29.1 Å². The number of aromatic nitrogens is 1. The zero-order chi connectivity index (χ0) is 18.6. The van der Waals surface area contributed by atoms with E-state index in [9.17, 15) is 9.90 Å². The van der Waals surface area contributed by atoms with E-state index in [-0.39, 0.29) is 0 Å². The second kappa shape index (κ2) is 7.90. The van der Waals surface area contributed by atoms with Gasteiger partial charge in [0.2, 0.25) is 0 Å². The Bertz CT molecular complexity index is 916. The average Bonchev–Trinajstić information content (AvgIpc) is 3.16. The molecule has 2 N–H and O–H groups in total. The van der Waals surface area contributed by atoms with E-state index >= 15 is 0 Å². The molecule has 0 aliphatic carbocycles. The number of ether oxygens (including phenoxy) is 1. The van der Waals surface area contributed by atoms with Crippen molar-refractivity contribution in [1.82, 2.24) is 10.3 Å². The molecule has 0 amide bonds. The summed E-state index contributed by atoms with van der Waals surface area (Å²) in [5.74, 6) is 0.880. The van der Waals surface area contributed by atoms with Crippen LogP contribution in [0.2, 0.25) is 0 Å². The largest absolute Gasteiger partial charge is 0.477 e. The number of nitrogens with one attached hydrogen (secondary N) is 1. The van der Waals surface area contributed by atoms with Crippen LogP contribution in [0.25, 0.3) is 11.3 Å². The maximum atomic E-state index is 11.7. The third-order valence-electron chi connectivity index (χ3n) is 4.63. The molecule has 1 aromatic heterocycles. The Kier molecular flexibility index (Phi) is 5.18. The van der Waals surface area contributed by atoms with Gasteiger partial charge in [0.25, 0.3) is 0 Å². The number of benzene rings is 2. The average molecular weight is 380 g/mol. The summed E-state index contributed by atoms with van der Waals surface area (Å²) in [5, 5.41) is 13.9. The van der Waals surface area contributed by atoms with Crippen LogP contribution < -0.4 is 10.1 Å². The van der Waals surface area contributed by atoms with Crippen LogP contribution in [0.4, 0.5) is 0 Å². The van der Waals surface area contributed by atoms with E-state index in [0.29, 0.717) is 22.2 Å². The SMILES string of the molecule is O=C(O)c1sc(C2CCNCC2)nc1-c1ccc(Oc2ccccc2)cc1. The van der Waals surface area contributed by atoms with Crippen LogP contribution in [0.5, 0.6) is 11.5 Å².